The number of H-pyrrole nitrogens is 2. The van der Waals surface area contributed by atoms with E-state index < -0.39 is 0 Å². The summed E-state index contributed by atoms with van der Waals surface area (Å²) < 4.78 is 0. The maximum atomic E-state index is 12.6. The van der Waals surface area contributed by atoms with Crippen LogP contribution in [0, 0.1) is 5.92 Å². The Morgan fingerprint density at radius 1 is 0.816 bits per heavy atom. The molecular formula is C31H26N6O. The summed E-state index contributed by atoms with van der Waals surface area (Å²) in [5.41, 5.74) is 8.77. The number of pyridine rings is 2. The largest absolute Gasteiger partial charge is 0.353 e. The Labute approximate surface area is 219 Å². The first-order valence-corrected chi connectivity index (χ1v) is 13.0. The lowest BCUT2D eigenvalue weighted by Gasteiger charge is -2.11. The minimum Gasteiger partial charge on any atom is -0.353 e. The van der Waals surface area contributed by atoms with E-state index in [9.17, 15) is 4.79 Å². The van der Waals surface area contributed by atoms with Crippen molar-refractivity contribution in [2.75, 3.05) is 5.32 Å². The topological polar surface area (TPSA) is 99.3 Å². The summed E-state index contributed by atoms with van der Waals surface area (Å²) in [6, 6.07) is 20.7. The van der Waals surface area contributed by atoms with Gasteiger partial charge in [-0.3, -0.25) is 19.9 Å². The molecule has 0 unspecified atom stereocenters. The first-order chi connectivity index (χ1) is 18.7. The van der Waals surface area contributed by atoms with E-state index in [1.807, 2.05) is 42.9 Å². The molecule has 1 amide bonds. The number of amides is 1. The van der Waals surface area contributed by atoms with Crippen molar-refractivity contribution in [1.29, 1.82) is 0 Å². The first-order valence-electron chi connectivity index (χ1n) is 13.0. The second-order valence-corrected chi connectivity index (χ2v) is 9.95. The van der Waals surface area contributed by atoms with Crippen molar-refractivity contribution in [3.8, 4) is 33.6 Å². The van der Waals surface area contributed by atoms with Crippen molar-refractivity contribution in [3.63, 3.8) is 0 Å². The van der Waals surface area contributed by atoms with Gasteiger partial charge in [-0.25, -0.2) is 0 Å². The Balaban J connectivity index is 1.25. The Bertz CT molecular complexity index is 1780. The third-order valence-corrected chi connectivity index (χ3v) is 7.54. The summed E-state index contributed by atoms with van der Waals surface area (Å²) in [6.07, 6.45) is 11.4. The molecule has 0 atom stereocenters. The Hall–Kier alpha value is -4.78. The number of aromatic amines is 2. The third-order valence-electron chi connectivity index (χ3n) is 7.54. The molecule has 7 heteroatoms. The van der Waals surface area contributed by atoms with Gasteiger partial charge in [-0.15, -0.1) is 0 Å². The fraction of sp³-hybridized carbons (Fsp3) is 0.161. The molecule has 4 heterocycles. The molecule has 0 radical (unpaired) electrons. The summed E-state index contributed by atoms with van der Waals surface area (Å²) in [5.74, 6) is 0.206. The SMILES string of the molecule is O=C(Nc1cncc(-c2ccc3[nH]nc(-c4cc5c(-c6ccncc6)cccc5[nH]4)c3c2)c1)C1CCCC1. The van der Waals surface area contributed by atoms with Crippen molar-refractivity contribution >= 4 is 33.4 Å². The number of anilines is 1. The van der Waals surface area contributed by atoms with E-state index in [4.69, 9.17) is 0 Å². The zero-order chi connectivity index (χ0) is 25.5. The first kappa shape index (κ1) is 22.4. The highest BCUT2D eigenvalue weighted by molar-refractivity contribution is 6.02. The highest BCUT2D eigenvalue weighted by Gasteiger charge is 2.23. The number of hydrogen-bond acceptors (Lipinski definition) is 4. The molecule has 0 saturated heterocycles. The average molecular weight is 499 g/mol. The maximum absolute atomic E-state index is 12.6. The normalized spacial score (nSPS) is 13.9. The number of aromatic nitrogens is 5. The lowest BCUT2D eigenvalue weighted by molar-refractivity contribution is -0.119. The van der Waals surface area contributed by atoms with Crippen LogP contribution in [0.1, 0.15) is 25.7 Å². The van der Waals surface area contributed by atoms with Crippen LogP contribution in [0.15, 0.2) is 85.5 Å². The third kappa shape index (κ3) is 4.02. The van der Waals surface area contributed by atoms with Crippen LogP contribution in [0.25, 0.3) is 55.4 Å². The molecule has 2 aromatic carbocycles. The van der Waals surface area contributed by atoms with E-state index in [0.29, 0.717) is 0 Å². The van der Waals surface area contributed by atoms with E-state index in [1.165, 1.54) is 0 Å². The van der Waals surface area contributed by atoms with Crippen molar-refractivity contribution in [3.05, 3.63) is 85.5 Å². The molecular weight excluding hydrogens is 472 g/mol. The smallest absolute Gasteiger partial charge is 0.227 e. The van der Waals surface area contributed by atoms with Gasteiger partial charge in [-0.05, 0) is 72.0 Å². The summed E-state index contributed by atoms with van der Waals surface area (Å²) >= 11 is 0. The maximum Gasteiger partial charge on any atom is 0.227 e. The summed E-state index contributed by atoms with van der Waals surface area (Å²) in [7, 11) is 0. The molecule has 6 aromatic rings. The fourth-order valence-corrected chi connectivity index (χ4v) is 5.56. The quantitative estimate of drug-likeness (QED) is 0.239. The van der Waals surface area contributed by atoms with Gasteiger partial charge in [0.1, 0.15) is 5.69 Å². The number of carbonyl (C=O) groups excluding carboxylic acids is 1. The van der Waals surface area contributed by atoms with Crippen molar-refractivity contribution in [2.45, 2.75) is 25.7 Å². The Morgan fingerprint density at radius 3 is 2.55 bits per heavy atom. The molecule has 0 spiro atoms. The van der Waals surface area contributed by atoms with Gasteiger partial charge < -0.3 is 10.3 Å². The zero-order valence-corrected chi connectivity index (χ0v) is 20.7. The van der Waals surface area contributed by atoms with Gasteiger partial charge in [-0.1, -0.05) is 31.0 Å². The van der Waals surface area contributed by atoms with Gasteiger partial charge in [0, 0.05) is 46.4 Å². The van der Waals surface area contributed by atoms with Gasteiger partial charge in [-0.2, -0.15) is 5.10 Å². The lowest BCUT2D eigenvalue weighted by Crippen LogP contribution is -2.20. The second-order valence-electron chi connectivity index (χ2n) is 9.95. The summed E-state index contributed by atoms with van der Waals surface area (Å²) in [6.45, 7) is 0. The van der Waals surface area contributed by atoms with Crippen molar-refractivity contribution in [1.82, 2.24) is 25.1 Å². The molecule has 0 bridgehead atoms. The number of rotatable bonds is 5. The Morgan fingerprint density at radius 2 is 1.68 bits per heavy atom. The highest BCUT2D eigenvalue weighted by atomic mass is 16.1. The predicted octanol–water partition coefficient (Wildman–Crippen LogP) is 6.96. The Kier molecular flexibility index (Phi) is 5.47. The van der Waals surface area contributed by atoms with Gasteiger partial charge in [0.15, 0.2) is 0 Å². The van der Waals surface area contributed by atoms with Gasteiger partial charge in [0.2, 0.25) is 5.91 Å². The molecule has 1 saturated carbocycles. The molecule has 7 rings (SSSR count). The van der Waals surface area contributed by atoms with E-state index in [0.717, 1.165) is 86.8 Å². The van der Waals surface area contributed by atoms with E-state index in [-0.39, 0.29) is 11.8 Å². The van der Waals surface area contributed by atoms with Crippen LogP contribution in [-0.2, 0) is 4.79 Å². The molecule has 4 aromatic heterocycles. The predicted molar refractivity (Wildman–Crippen MR) is 150 cm³/mol. The minimum atomic E-state index is 0.0963. The second kappa shape index (κ2) is 9.27. The highest BCUT2D eigenvalue weighted by Crippen LogP contribution is 2.35. The van der Waals surface area contributed by atoms with E-state index >= 15 is 0 Å². The van der Waals surface area contributed by atoms with Crippen molar-refractivity contribution in [2.24, 2.45) is 5.92 Å². The van der Waals surface area contributed by atoms with E-state index in [2.05, 4.69) is 66.9 Å². The molecule has 186 valence electrons. The van der Waals surface area contributed by atoms with Crippen LogP contribution < -0.4 is 5.32 Å². The van der Waals surface area contributed by atoms with Gasteiger partial charge in [0.05, 0.1) is 23.1 Å². The zero-order valence-electron chi connectivity index (χ0n) is 20.7. The monoisotopic (exact) mass is 498 g/mol. The van der Waals surface area contributed by atoms with Crippen LogP contribution in [0.4, 0.5) is 5.69 Å². The molecule has 3 N–H and O–H groups in total. The van der Waals surface area contributed by atoms with Crippen LogP contribution in [-0.4, -0.2) is 31.1 Å². The standard InChI is InChI=1S/C31H26N6O/c38-31(20-4-1-2-5-20)34-23-14-22(17-33-18-23)21-8-9-28-26(15-21)30(37-36-28)29-16-25-24(6-3-7-27(25)35-29)19-10-12-32-13-11-19/h3,6-18,20,35H,1-2,4-5H2,(H,34,38)(H,36,37). The van der Waals surface area contributed by atoms with Crippen LogP contribution in [0.3, 0.4) is 0 Å². The van der Waals surface area contributed by atoms with Crippen LogP contribution in [0.2, 0.25) is 0 Å². The molecule has 1 aliphatic carbocycles. The van der Waals surface area contributed by atoms with Crippen LogP contribution in [0.5, 0.6) is 0 Å². The fourth-order valence-electron chi connectivity index (χ4n) is 5.56. The molecule has 38 heavy (non-hydrogen) atoms. The summed E-state index contributed by atoms with van der Waals surface area (Å²) in [5, 5.41) is 13.1. The number of fused-ring (bicyclic) bond motifs is 2. The molecule has 1 aliphatic rings. The molecule has 1 fully saturated rings. The van der Waals surface area contributed by atoms with Gasteiger partial charge >= 0.3 is 0 Å². The minimum absolute atomic E-state index is 0.0963. The number of nitrogens with zero attached hydrogens (tertiary/aromatic N) is 3. The van der Waals surface area contributed by atoms with E-state index in [1.54, 1.807) is 6.20 Å². The van der Waals surface area contributed by atoms with Gasteiger partial charge in [0.25, 0.3) is 0 Å². The van der Waals surface area contributed by atoms with Crippen molar-refractivity contribution < 1.29 is 4.79 Å². The summed E-state index contributed by atoms with van der Waals surface area (Å²) in [4.78, 5) is 24.8. The number of benzene rings is 2. The van der Waals surface area contributed by atoms with Crippen LogP contribution >= 0.6 is 0 Å². The molecule has 7 nitrogen and oxygen atoms in total. The number of hydrogen-bond donors (Lipinski definition) is 3. The lowest BCUT2D eigenvalue weighted by atomic mass is 10.0. The average Bonchev–Trinajstić information content (AvgIpc) is 3.73. The number of carbonyl (C=O) groups is 1. The molecule has 0 aliphatic heterocycles. The number of nitrogens with one attached hydrogen (secondary N) is 3.